The van der Waals surface area contributed by atoms with E-state index in [0.29, 0.717) is 6.10 Å². The van der Waals surface area contributed by atoms with Gasteiger partial charge in [0.25, 0.3) is 0 Å². The second-order valence-corrected chi connectivity index (χ2v) is 5.90. The zero-order chi connectivity index (χ0) is 13.0. The van der Waals surface area contributed by atoms with Crippen molar-refractivity contribution in [2.45, 2.75) is 12.6 Å². The predicted octanol–water partition coefficient (Wildman–Crippen LogP) is 2.52. The fraction of sp³-hybridized carbons (Fsp3) is 0.538. The molecule has 100 valence electrons. The highest BCUT2D eigenvalue weighted by atomic mass is 79.9. The number of nitrogens with zero attached hydrogens (tertiary/aromatic N) is 1. The van der Waals surface area contributed by atoms with Crippen LogP contribution in [0, 0.1) is 0 Å². The zero-order valence-corrected chi connectivity index (χ0v) is 12.8. The number of benzene rings is 1. The lowest BCUT2D eigenvalue weighted by Crippen LogP contribution is -2.44. The first kappa shape index (κ1) is 14.3. The molecule has 0 aliphatic carbocycles. The Morgan fingerprint density at radius 3 is 3.06 bits per heavy atom. The molecule has 0 amide bonds. The molecule has 1 fully saturated rings. The molecule has 0 radical (unpaired) electrons. The van der Waals surface area contributed by atoms with Crippen molar-refractivity contribution in [1.82, 2.24) is 10.2 Å². The summed E-state index contributed by atoms with van der Waals surface area (Å²) in [7, 11) is 2.11. The molecule has 2 rings (SSSR count). The third kappa shape index (κ3) is 4.21. The maximum absolute atomic E-state index is 5.98. The number of morpholine rings is 1. The van der Waals surface area contributed by atoms with E-state index >= 15 is 0 Å². The first-order valence-corrected chi connectivity index (χ1v) is 7.27. The molecule has 0 aromatic heterocycles. The van der Waals surface area contributed by atoms with Crippen LogP contribution >= 0.6 is 27.5 Å². The van der Waals surface area contributed by atoms with Crippen molar-refractivity contribution in [3.05, 3.63) is 33.3 Å². The molecule has 18 heavy (non-hydrogen) atoms. The summed E-state index contributed by atoms with van der Waals surface area (Å²) in [5, 5.41) is 4.10. The van der Waals surface area contributed by atoms with Crippen molar-refractivity contribution < 1.29 is 4.74 Å². The van der Waals surface area contributed by atoms with E-state index in [2.05, 4.69) is 45.3 Å². The van der Waals surface area contributed by atoms with Crippen LogP contribution in [0.15, 0.2) is 22.7 Å². The minimum absolute atomic E-state index is 0.291. The van der Waals surface area contributed by atoms with Crippen LogP contribution in [0.4, 0.5) is 0 Å². The average molecular weight is 334 g/mol. The van der Waals surface area contributed by atoms with Gasteiger partial charge >= 0.3 is 0 Å². The van der Waals surface area contributed by atoms with Gasteiger partial charge in [-0.1, -0.05) is 17.7 Å². The van der Waals surface area contributed by atoms with Gasteiger partial charge in [-0.3, -0.25) is 4.90 Å². The molecule has 0 bridgehead atoms. The van der Waals surface area contributed by atoms with Crippen molar-refractivity contribution in [3.8, 4) is 0 Å². The van der Waals surface area contributed by atoms with Crippen LogP contribution in [0.25, 0.3) is 0 Å². The van der Waals surface area contributed by atoms with E-state index in [-0.39, 0.29) is 0 Å². The number of hydrogen-bond donors (Lipinski definition) is 1. The number of halogens is 2. The molecule has 1 atom stereocenters. The molecule has 1 heterocycles. The summed E-state index contributed by atoms with van der Waals surface area (Å²) in [5.41, 5.74) is 1.25. The summed E-state index contributed by atoms with van der Waals surface area (Å²) in [6.07, 6.45) is 0.291. The molecular formula is C13H18BrClN2O. The van der Waals surface area contributed by atoms with Crippen LogP contribution in [0.5, 0.6) is 0 Å². The summed E-state index contributed by atoms with van der Waals surface area (Å²) >= 11 is 9.43. The molecule has 1 N–H and O–H groups in total. The third-order valence-electron chi connectivity index (χ3n) is 2.96. The van der Waals surface area contributed by atoms with Crippen LogP contribution in [-0.4, -0.2) is 44.3 Å². The highest BCUT2D eigenvalue weighted by molar-refractivity contribution is 9.10. The van der Waals surface area contributed by atoms with Crippen LogP contribution in [0.1, 0.15) is 5.56 Å². The Hall–Kier alpha value is -0.130. The predicted molar refractivity (Wildman–Crippen MR) is 78.1 cm³/mol. The van der Waals surface area contributed by atoms with Crippen molar-refractivity contribution in [2.24, 2.45) is 0 Å². The van der Waals surface area contributed by atoms with E-state index in [1.807, 2.05) is 6.07 Å². The van der Waals surface area contributed by atoms with E-state index in [9.17, 15) is 0 Å². The minimum atomic E-state index is 0.291. The quantitative estimate of drug-likeness (QED) is 0.916. The zero-order valence-electron chi connectivity index (χ0n) is 10.5. The summed E-state index contributed by atoms with van der Waals surface area (Å²) in [5.74, 6) is 0. The Morgan fingerprint density at radius 2 is 2.39 bits per heavy atom. The van der Waals surface area contributed by atoms with E-state index in [1.54, 1.807) is 0 Å². The van der Waals surface area contributed by atoms with Crippen molar-refractivity contribution in [2.75, 3.05) is 33.3 Å². The lowest BCUT2D eigenvalue weighted by atomic mass is 10.2. The Balaban J connectivity index is 1.85. The fourth-order valence-electron chi connectivity index (χ4n) is 2.10. The first-order valence-electron chi connectivity index (χ1n) is 6.10. The highest BCUT2D eigenvalue weighted by Gasteiger charge is 2.15. The van der Waals surface area contributed by atoms with Gasteiger partial charge in [0.1, 0.15) is 0 Å². The highest BCUT2D eigenvalue weighted by Crippen LogP contribution is 2.23. The van der Waals surface area contributed by atoms with Crippen LogP contribution in [0.3, 0.4) is 0 Å². The smallest absolute Gasteiger partial charge is 0.0826 e. The lowest BCUT2D eigenvalue weighted by Gasteiger charge is -2.28. The topological polar surface area (TPSA) is 24.5 Å². The lowest BCUT2D eigenvalue weighted by molar-refractivity contribution is 0.00884. The van der Waals surface area contributed by atoms with E-state index in [1.165, 1.54) is 5.56 Å². The number of likely N-dealkylation sites (N-methyl/N-ethyl adjacent to an activating group) is 1. The summed E-state index contributed by atoms with van der Waals surface area (Å²) < 4.78 is 6.64. The number of rotatable bonds is 4. The summed E-state index contributed by atoms with van der Waals surface area (Å²) in [6.45, 7) is 4.55. The molecule has 1 unspecified atom stereocenters. The van der Waals surface area contributed by atoms with Gasteiger partial charge in [-0.2, -0.15) is 0 Å². The van der Waals surface area contributed by atoms with Crippen molar-refractivity contribution >= 4 is 27.5 Å². The Morgan fingerprint density at radius 1 is 1.56 bits per heavy atom. The molecule has 0 saturated carbocycles. The Labute approximate surface area is 122 Å². The maximum Gasteiger partial charge on any atom is 0.0826 e. The van der Waals surface area contributed by atoms with E-state index in [4.69, 9.17) is 16.3 Å². The van der Waals surface area contributed by atoms with Gasteiger partial charge < -0.3 is 10.1 Å². The van der Waals surface area contributed by atoms with Crippen LogP contribution in [0.2, 0.25) is 5.02 Å². The van der Waals surface area contributed by atoms with Crippen molar-refractivity contribution in [1.29, 1.82) is 0 Å². The molecule has 3 nitrogen and oxygen atoms in total. The first-order chi connectivity index (χ1) is 8.65. The summed E-state index contributed by atoms with van der Waals surface area (Å²) in [6, 6.07) is 6.05. The standard InChI is InChI=1S/C13H18BrClN2O/c1-17(9-11-7-16-4-5-18-11)8-10-2-3-13(15)12(14)6-10/h2-3,6,11,16H,4-5,7-9H2,1H3. The summed E-state index contributed by atoms with van der Waals surface area (Å²) in [4.78, 5) is 2.27. The second kappa shape index (κ2) is 6.87. The molecule has 1 aromatic rings. The monoisotopic (exact) mass is 332 g/mol. The van der Waals surface area contributed by atoms with Gasteiger partial charge in [0.15, 0.2) is 0 Å². The van der Waals surface area contributed by atoms with Crippen LogP contribution < -0.4 is 5.32 Å². The second-order valence-electron chi connectivity index (χ2n) is 4.64. The Bertz CT molecular complexity index is 397. The van der Waals surface area contributed by atoms with E-state index < -0.39 is 0 Å². The average Bonchev–Trinajstić information content (AvgIpc) is 2.35. The van der Waals surface area contributed by atoms with Gasteiger partial charge in [-0.05, 0) is 40.7 Å². The normalized spacial score (nSPS) is 20.3. The van der Waals surface area contributed by atoms with Gasteiger partial charge in [-0.15, -0.1) is 0 Å². The van der Waals surface area contributed by atoms with E-state index in [0.717, 1.165) is 42.3 Å². The largest absolute Gasteiger partial charge is 0.374 e. The van der Waals surface area contributed by atoms with Gasteiger partial charge in [0, 0.05) is 30.7 Å². The number of hydrogen-bond acceptors (Lipinski definition) is 3. The molecule has 1 aromatic carbocycles. The maximum atomic E-state index is 5.98. The van der Waals surface area contributed by atoms with Crippen molar-refractivity contribution in [3.63, 3.8) is 0 Å². The Kier molecular flexibility index (Phi) is 5.45. The van der Waals surface area contributed by atoms with Gasteiger partial charge in [-0.25, -0.2) is 0 Å². The van der Waals surface area contributed by atoms with Gasteiger partial charge in [0.2, 0.25) is 0 Å². The molecule has 5 heteroatoms. The minimum Gasteiger partial charge on any atom is -0.374 e. The SMILES string of the molecule is CN(Cc1ccc(Cl)c(Br)c1)CC1CNCCO1. The van der Waals surface area contributed by atoms with Crippen LogP contribution in [-0.2, 0) is 11.3 Å². The third-order valence-corrected chi connectivity index (χ3v) is 4.17. The fourth-order valence-corrected chi connectivity index (χ4v) is 2.64. The molecule has 0 spiro atoms. The number of nitrogens with one attached hydrogen (secondary N) is 1. The van der Waals surface area contributed by atoms with Gasteiger partial charge in [0.05, 0.1) is 17.7 Å². The number of ether oxygens (including phenoxy) is 1. The molecule has 1 aliphatic rings. The molecule has 1 saturated heterocycles. The molecule has 1 aliphatic heterocycles. The molecular weight excluding hydrogens is 316 g/mol.